The van der Waals surface area contributed by atoms with Gasteiger partial charge in [-0.05, 0) is 91.4 Å². The fraction of sp³-hybridized carbons (Fsp3) is 0.312. The van der Waals surface area contributed by atoms with Crippen LogP contribution in [0.15, 0.2) is 72.3 Å². The maximum absolute atomic E-state index is 13.8. The molecule has 1 N–H and O–H groups in total. The van der Waals surface area contributed by atoms with Crippen LogP contribution in [0.1, 0.15) is 49.4 Å². The summed E-state index contributed by atoms with van der Waals surface area (Å²) in [5, 5.41) is 11.4. The summed E-state index contributed by atoms with van der Waals surface area (Å²) in [4.78, 5) is 30.6. The summed E-state index contributed by atoms with van der Waals surface area (Å²) in [5.41, 5.74) is 3.27. The van der Waals surface area contributed by atoms with Gasteiger partial charge in [-0.25, -0.2) is 4.39 Å². The Kier molecular flexibility index (Phi) is 7.42. The number of Topliss-reactive ketones (excluding diaryl/α,β-unsaturated/α-hetero) is 1. The van der Waals surface area contributed by atoms with E-state index >= 15 is 0 Å². The quantitative estimate of drug-likeness (QED) is 0.218. The van der Waals surface area contributed by atoms with Crippen molar-refractivity contribution in [1.82, 2.24) is 0 Å². The number of anilines is 2. The van der Waals surface area contributed by atoms with E-state index in [2.05, 4.69) is 18.7 Å². The van der Waals surface area contributed by atoms with Gasteiger partial charge < -0.3 is 14.7 Å². The van der Waals surface area contributed by atoms with Crippen LogP contribution >= 0.6 is 0 Å². The second kappa shape index (κ2) is 10.9. The van der Waals surface area contributed by atoms with Gasteiger partial charge >= 0.3 is 0 Å². The van der Waals surface area contributed by atoms with Crippen LogP contribution in [0.2, 0.25) is 0 Å². The van der Waals surface area contributed by atoms with Crippen molar-refractivity contribution in [2.75, 3.05) is 29.5 Å². The molecular formula is C32H33FN2O4. The van der Waals surface area contributed by atoms with Gasteiger partial charge in [-0.1, -0.05) is 26.0 Å². The Bertz CT molecular complexity index is 1410. The Labute approximate surface area is 228 Å². The van der Waals surface area contributed by atoms with Gasteiger partial charge in [0.1, 0.15) is 17.3 Å². The number of hydrogen-bond donors (Lipinski definition) is 1. The summed E-state index contributed by atoms with van der Waals surface area (Å²) in [5.74, 6) is -1.20. The lowest BCUT2D eigenvalue weighted by molar-refractivity contribution is -0.132. The number of ether oxygens (including phenoxy) is 1. The molecule has 0 radical (unpaired) electrons. The highest BCUT2D eigenvalue weighted by Gasteiger charge is 2.47. The Morgan fingerprint density at radius 2 is 1.62 bits per heavy atom. The molecule has 2 heterocycles. The number of hydrogen-bond acceptors (Lipinski definition) is 5. The third-order valence-electron chi connectivity index (χ3n) is 7.25. The predicted octanol–water partition coefficient (Wildman–Crippen LogP) is 6.40. The van der Waals surface area contributed by atoms with Crippen LogP contribution < -0.4 is 14.5 Å². The molecule has 5 rings (SSSR count). The predicted molar refractivity (Wildman–Crippen MR) is 151 cm³/mol. The second-order valence-corrected chi connectivity index (χ2v) is 10.6. The number of benzene rings is 3. The maximum atomic E-state index is 13.8. The van der Waals surface area contributed by atoms with Crippen LogP contribution in [-0.4, -0.2) is 36.5 Å². The SMILES string of the molecule is Cc1cc(/C(O)=C2/C(=O)C(=O)N(c3ccc(N4CCCC4)cc3)C2c2ccc(F)cc2)ccc1OCC(C)C. The van der Waals surface area contributed by atoms with Gasteiger partial charge in [0.2, 0.25) is 0 Å². The molecular weight excluding hydrogens is 495 g/mol. The summed E-state index contributed by atoms with van der Waals surface area (Å²) in [6.07, 6.45) is 2.29. The molecule has 39 heavy (non-hydrogen) atoms. The largest absolute Gasteiger partial charge is 0.507 e. The standard InChI is InChI=1S/C32H33FN2O4/c1-20(2)19-39-27-15-8-23(18-21(27)3)30(36)28-29(22-6-9-24(33)10-7-22)35(32(38)31(28)37)26-13-11-25(12-14-26)34-16-4-5-17-34/h6-15,18,20,29,36H,4-5,16-17,19H2,1-3H3/b30-28-. The van der Waals surface area contributed by atoms with Crippen molar-refractivity contribution in [3.05, 3.63) is 94.8 Å². The number of nitrogens with zero attached hydrogens (tertiary/aromatic N) is 2. The van der Waals surface area contributed by atoms with E-state index in [0.717, 1.165) is 37.2 Å². The lowest BCUT2D eigenvalue weighted by Crippen LogP contribution is -2.29. The Balaban J connectivity index is 1.57. The molecule has 0 aliphatic carbocycles. The number of carbonyl (C=O) groups excluding carboxylic acids is 2. The summed E-state index contributed by atoms with van der Waals surface area (Å²) in [7, 11) is 0. The third-order valence-corrected chi connectivity index (χ3v) is 7.25. The average molecular weight is 529 g/mol. The van der Waals surface area contributed by atoms with E-state index in [0.29, 0.717) is 35.1 Å². The minimum Gasteiger partial charge on any atom is -0.507 e. The summed E-state index contributed by atoms with van der Waals surface area (Å²) >= 11 is 0. The van der Waals surface area contributed by atoms with Gasteiger partial charge in [-0.3, -0.25) is 14.5 Å². The molecule has 2 saturated heterocycles. The first-order valence-corrected chi connectivity index (χ1v) is 13.4. The molecule has 202 valence electrons. The number of aliphatic hydroxyl groups excluding tert-OH is 1. The minimum atomic E-state index is -0.916. The van der Waals surface area contributed by atoms with Gasteiger partial charge in [0.25, 0.3) is 11.7 Å². The summed E-state index contributed by atoms with van der Waals surface area (Å²) in [6, 6.07) is 17.4. The van der Waals surface area contributed by atoms with E-state index < -0.39 is 23.5 Å². The average Bonchev–Trinajstić information content (AvgIpc) is 3.55. The van der Waals surface area contributed by atoms with Gasteiger partial charge in [-0.15, -0.1) is 0 Å². The first-order valence-electron chi connectivity index (χ1n) is 13.4. The van der Waals surface area contributed by atoms with Gasteiger partial charge in [-0.2, -0.15) is 0 Å². The van der Waals surface area contributed by atoms with E-state index in [9.17, 15) is 19.1 Å². The van der Waals surface area contributed by atoms with Crippen LogP contribution in [0.25, 0.3) is 5.76 Å². The van der Waals surface area contributed by atoms with Gasteiger partial charge in [0.05, 0.1) is 18.2 Å². The molecule has 2 aliphatic heterocycles. The Hall–Kier alpha value is -4.13. The number of amides is 1. The van der Waals surface area contributed by atoms with Crippen LogP contribution in [0.3, 0.4) is 0 Å². The van der Waals surface area contributed by atoms with Crippen molar-refractivity contribution in [3.63, 3.8) is 0 Å². The van der Waals surface area contributed by atoms with Crippen molar-refractivity contribution in [3.8, 4) is 5.75 Å². The number of ketones is 1. The van der Waals surface area contributed by atoms with Crippen LogP contribution in [0, 0.1) is 18.7 Å². The van der Waals surface area contributed by atoms with Crippen molar-refractivity contribution in [1.29, 1.82) is 0 Å². The van der Waals surface area contributed by atoms with Crippen molar-refractivity contribution < 1.29 is 23.8 Å². The first-order chi connectivity index (χ1) is 18.7. The summed E-state index contributed by atoms with van der Waals surface area (Å²) in [6.45, 7) is 8.51. The highest BCUT2D eigenvalue weighted by molar-refractivity contribution is 6.51. The normalized spacial score (nSPS) is 18.8. The number of aryl methyl sites for hydroxylation is 1. The molecule has 1 atom stereocenters. The fourth-order valence-corrected chi connectivity index (χ4v) is 5.23. The fourth-order valence-electron chi connectivity index (χ4n) is 5.23. The minimum absolute atomic E-state index is 0.0366. The molecule has 0 bridgehead atoms. The molecule has 2 fully saturated rings. The highest BCUT2D eigenvalue weighted by Crippen LogP contribution is 2.43. The lowest BCUT2D eigenvalue weighted by Gasteiger charge is -2.26. The zero-order valence-electron chi connectivity index (χ0n) is 22.5. The van der Waals surface area contributed by atoms with Crippen LogP contribution in [-0.2, 0) is 9.59 Å². The Morgan fingerprint density at radius 1 is 0.974 bits per heavy atom. The molecule has 6 nitrogen and oxygen atoms in total. The lowest BCUT2D eigenvalue weighted by atomic mass is 9.94. The maximum Gasteiger partial charge on any atom is 0.300 e. The molecule has 1 unspecified atom stereocenters. The van der Waals surface area contributed by atoms with Crippen LogP contribution in [0.5, 0.6) is 5.75 Å². The number of aliphatic hydroxyl groups is 1. The zero-order chi connectivity index (χ0) is 27.7. The Morgan fingerprint density at radius 3 is 2.23 bits per heavy atom. The highest BCUT2D eigenvalue weighted by atomic mass is 19.1. The number of carbonyl (C=O) groups is 2. The molecule has 7 heteroatoms. The topological polar surface area (TPSA) is 70.1 Å². The molecule has 1 amide bonds. The first kappa shape index (κ1) is 26.5. The smallest absolute Gasteiger partial charge is 0.300 e. The third kappa shape index (κ3) is 5.26. The van der Waals surface area contributed by atoms with Gasteiger partial charge in [0.15, 0.2) is 0 Å². The molecule has 2 aliphatic rings. The van der Waals surface area contributed by atoms with E-state index in [1.54, 1.807) is 30.3 Å². The zero-order valence-corrected chi connectivity index (χ0v) is 22.5. The van der Waals surface area contributed by atoms with E-state index in [1.165, 1.54) is 17.0 Å². The van der Waals surface area contributed by atoms with Crippen molar-refractivity contribution >= 4 is 28.8 Å². The van der Waals surface area contributed by atoms with E-state index in [4.69, 9.17) is 4.74 Å². The molecule has 0 saturated carbocycles. The monoisotopic (exact) mass is 528 g/mol. The van der Waals surface area contributed by atoms with E-state index in [1.807, 2.05) is 31.2 Å². The van der Waals surface area contributed by atoms with Crippen molar-refractivity contribution in [2.45, 2.75) is 39.7 Å². The summed E-state index contributed by atoms with van der Waals surface area (Å²) < 4.78 is 19.7. The number of rotatable bonds is 7. The van der Waals surface area contributed by atoms with Gasteiger partial charge in [0, 0.05) is 30.0 Å². The van der Waals surface area contributed by atoms with Crippen molar-refractivity contribution in [2.24, 2.45) is 5.92 Å². The van der Waals surface area contributed by atoms with Crippen LogP contribution in [0.4, 0.5) is 15.8 Å². The molecule has 3 aromatic rings. The second-order valence-electron chi connectivity index (χ2n) is 10.6. The molecule has 3 aromatic carbocycles. The molecule has 0 aromatic heterocycles. The molecule has 0 spiro atoms. The number of halogens is 1. The van der Waals surface area contributed by atoms with E-state index in [-0.39, 0.29) is 11.3 Å².